The topological polar surface area (TPSA) is 188 Å². The second-order valence-corrected chi connectivity index (χ2v) is 3.52. The summed E-state index contributed by atoms with van der Waals surface area (Å²) in [5.74, 6) is -3.81. The fourth-order valence-corrected chi connectivity index (χ4v) is 1.18. The Kier molecular flexibility index (Phi) is 4.46. The fraction of sp³-hybridized carbons (Fsp3) is 0. The van der Waals surface area contributed by atoms with Crippen LogP contribution in [0.25, 0.3) is 0 Å². The molecule has 0 bridgehead atoms. The van der Waals surface area contributed by atoms with E-state index in [9.17, 15) is 34.6 Å². The van der Waals surface area contributed by atoms with Gasteiger partial charge in [0.15, 0.2) is 0 Å². The number of amides is 3. The molecule has 110 valence electrons. The van der Waals surface area contributed by atoms with Gasteiger partial charge in [-0.15, -0.1) is 0 Å². The van der Waals surface area contributed by atoms with Gasteiger partial charge in [-0.3, -0.25) is 45.5 Å². The number of nitrogens with zero attached hydrogens (tertiary/aromatic N) is 2. The lowest BCUT2D eigenvalue weighted by Gasteiger charge is -2.05. The maximum Gasteiger partial charge on any atom is 0.327 e. The molecule has 0 fully saturated rings. The first-order chi connectivity index (χ1) is 9.72. The zero-order valence-corrected chi connectivity index (χ0v) is 10.1. The maximum absolute atomic E-state index is 11.6. The average Bonchev–Trinajstić information content (AvgIpc) is 2.43. The van der Waals surface area contributed by atoms with Crippen molar-refractivity contribution in [3.05, 3.63) is 44.0 Å². The molecule has 4 N–H and O–H groups in total. The third-order valence-electron chi connectivity index (χ3n) is 2.10. The number of hydrogen-bond acceptors (Lipinski definition) is 7. The van der Waals surface area contributed by atoms with Crippen LogP contribution in [0.2, 0.25) is 0 Å². The third kappa shape index (κ3) is 3.95. The smallest absolute Gasteiger partial charge is 0.327 e. The summed E-state index contributed by atoms with van der Waals surface area (Å²) in [5.41, 5.74) is 6.13. The second-order valence-electron chi connectivity index (χ2n) is 3.52. The van der Waals surface area contributed by atoms with Crippen LogP contribution in [0.1, 0.15) is 10.4 Å². The highest BCUT2D eigenvalue weighted by molar-refractivity contribution is 6.34. The van der Waals surface area contributed by atoms with Crippen molar-refractivity contribution in [3.8, 4) is 0 Å². The summed E-state index contributed by atoms with van der Waals surface area (Å²) in [7, 11) is 0. The van der Waals surface area contributed by atoms with Crippen molar-refractivity contribution in [3.63, 3.8) is 0 Å². The Morgan fingerprint density at radius 2 is 1.43 bits per heavy atom. The van der Waals surface area contributed by atoms with E-state index in [2.05, 4.69) is 5.73 Å². The van der Waals surface area contributed by atoms with Crippen molar-refractivity contribution < 1.29 is 24.2 Å². The van der Waals surface area contributed by atoms with Crippen molar-refractivity contribution in [2.24, 2.45) is 5.73 Å². The number of hydrogen-bond donors (Lipinski definition) is 3. The van der Waals surface area contributed by atoms with Gasteiger partial charge in [-0.1, -0.05) is 0 Å². The molecule has 12 heteroatoms. The van der Waals surface area contributed by atoms with E-state index in [0.717, 1.165) is 12.1 Å². The number of carbonyl (C=O) groups is 3. The Morgan fingerprint density at radius 1 is 0.952 bits per heavy atom. The van der Waals surface area contributed by atoms with E-state index < -0.39 is 44.5 Å². The number of primary amides is 1. The summed E-state index contributed by atoms with van der Waals surface area (Å²) < 4.78 is 0. The van der Waals surface area contributed by atoms with Crippen LogP contribution < -0.4 is 16.6 Å². The van der Waals surface area contributed by atoms with E-state index in [-0.39, 0.29) is 0 Å². The molecular formula is C9H7N5O7. The van der Waals surface area contributed by atoms with Crippen LogP contribution in [-0.4, -0.2) is 27.6 Å². The van der Waals surface area contributed by atoms with Crippen LogP contribution >= 0.6 is 0 Å². The highest BCUT2D eigenvalue weighted by Gasteiger charge is 2.20. The van der Waals surface area contributed by atoms with Gasteiger partial charge in [-0.05, 0) is 0 Å². The number of carbonyl (C=O) groups excluding carboxylic acids is 3. The zero-order chi connectivity index (χ0) is 16.2. The highest BCUT2D eigenvalue weighted by atomic mass is 16.6. The van der Waals surface area contributed by atoms with Gasteiger partial charge in [-0.25, -0.2) is 0 Å². The van der Waals surface area contributed by atoms with Gasteiger partial charge in [-0.2, -0.15) is 0 Å². The van der Waals surface area contributed by atoms with E-state index in [1.54, 1.807) is 10.9 Å². The van der Waals surface area contributed by atoms with Gasteiger partial charge in [0.1, 0.15) is 0 Å². The van der Waals surface area contributed by atoms with Crippen molar-refractivity contribution in [2.75, 3.05) is 0 Å². The molecule has 1 aromatic rings. The molecule has 0 heterocycles. The normalized spacial score (nSPS) is 9.52. The molecule has 0 atom stereocenters. The lowest BCUT2D eigenvalue weighted by atomic mass is 10.1. The largest absolute Gasteiger partial charge is 0.361 e. The molecule has 21 heavy (non-hydrogen) atoms. The quantitative estimate of drug-likeness (QED) is 0.352. The van der Waals surface area contributed by atoms with Crippen molar-refractivity contribution in [2.45, 2.75) is 0 Å². The molecule has 0 aliphatic carbocycles. The monoisotopic (exact) mass is 297 g/mol. The Balaban J connectivity index is 3.03. The number of hydrazine groups is 1. The minimum Gasteiger partial charge on any atom is -0.361 e. The summed E-state index contributed by atoms with van der Waals surface area (Å²) in [5, 5.41) is 21.3. The molecule has 0 aliphatic rings. The fourth-order valence-electron chi connectivity index (χ4n) is 1.18. The number of benzene rings is 1. The first-order valence-corrected chi connectivity index (χ1v) is 5.06. The Bertz CT molecular complexity index is 624. The van der Waals surface area contributed by atoms with E-state index in [4.69, 9.17) is 0 Å². The third-order valence-corrected chi connectivity index (χ3v) is 2.10. The van der Waals surface area contributed by atoms with E-state index in [1.165, 1.54) is 0 Å². The molecule has 12 nitrogen and oxygen atoms in total. The predicted octanol–water partition coefficient (Wildman–Crippen LogP) is -1.25. The summed E-state index contributed by atoms with van der Waals surface area (Å²) in [6.07, 6.45) is 0. The Hall–Kier alpha value is -3.57. The van der Waals surface area contributed by atoms with Gasteiger partial charge >= 0.3 is 11.8 Å². The van der Waals surface area contributed by atoms with E-state index >= 15 is 0 Å². The summed E-state index contributed by atoms with van der Waals surface area (Å²) in [6, 6.07) is 2.19. The number of nitro benzene ring substituents is 2. The molecule has 0 radical (unpaired) electrons. The number of nitro groups is 2. The van der Waals surface area contributed by atoms with Crippen molar-refractivity contribution >= 4 is 29.1 Å². The summed E-state index contributed by atoms with van der Waals surface area (Å²) >= 11 is 0. The van der Waals surface area contributed by atoms with Gasteiger partial charge in [0.25, 0.3) is 17.3 Å². The molecule has 0 saturated heterocycles. The van der Waals surface area contributed by atoms with Gasteiger partial charge in [0, 0.05) is 12.1 Å². The van der Waals surface area contributed by atoms with E-state index in [1.807, 2.05) is 0 Å². The highest BCUT2D eigenvalue weighted by Crippen LogP contribution is 2.22. The van der Waals surface area contributed by atoms with E-state index in [0.29, 0.717) is 6.07 Å². The Morgan fingerprint density at radius 3 is 1.81 bits per heavy atom. The lowest BCUT2D eigenvalue weighted by Crippen LogP contribution is -2.47. The molecule has 0 spiro atoms. The second kappa shape index (κ2) is 6.05. The minimum atomic E-state index is -1.37. The number of non-ortho nitro benzene ring substituents is 2. The molecule has 0 aliphatic heterocycles. The van der Waals surface area contributed by atoms with Crippen molar-refractivity contribution in [1.29, 1.82) is 0 Å². The Labute approximate surface area is 115 Å². The molecule has 0 saturated carbocycles. The molecule has 1 rings (SSSR count). The first kappa shape index (κ1) is 15.5. The van der Waals surface area contributed by atoms with Crippen LogP contribution in [0.15, 0.2) is 18.2 Å². The first-order valence-electron chi connectivity index (χ1n) is 5.06. The van der Waals surface area contributed by atoms with Gasteiger partial charge in [0.2, 0.25) is 0 Å². The zero-order valence-electron chi connectivity index (χ0n) is 10.1. The molecular weight excluding hydrogens is 290 g/mol. The van der Waals surface area contributed by atoms with Gasteiger partial charge < -0.3 is 5.73 Å². The number of nitrogens with two attached hydrogens (primary N) is 1. The van der Waals surface area contributed by atoms with Crippen molar-refractivity contribution in [1.82, 2.24) is 10.9 Å². The van der Waals surface area contributed by atoms with Gasteiger partial charge in [0.05, 0.1) is 21.5 Å². The van der Waals surface area contributed by atoms with Crippen LogP contribution in [0.3, 0.4) is 0 Å². The molecule has 0 aromatic heterocycles. The number of nitrogens with one attached hydrogen (secondary N) is 2. The molecule has 1 aromatic carbocycles. The van der Waals surface area contributed by atoms with Crippen LogP contribution in [0.4, 0.5) is 11.4 Å². The summed E-state index contributed by atoms with van der Waals surface area (Å²) in [4.78, 5) is 52.2. The molecule has 0 unspecified atom stereocenters. The van der Waals surface area contributed by atoms with Crippen LogP contribution in [0, 0.1) is 20.2 Å². The maximum atomic E-state index is 11.6. The van der Waals surface area contributed by atoms with Crippen LogP contribution in [0.5, 0.6) is 0 Å². The lowest BCUT2D eigenvalue weighted by molar-refractivity contribution is -0.394. The standard InChI is InChI=1S/C9H7N5O7/c10-7(15)9(17)12-11-8(16)4-1-5(13(18)19)3-6(2-4)14(20)21/h1-3H,(H2,10,15)(H,11,16)(H,12,17). The molecule has 3 amide bonds. The SMILES string of the molecule is NC(=O)C(=O)NNC(=O)c1cc([N+](=O)[O-])cc([N+](=O)[O-])c1. The predicted molar refractivity (Wildman–Crippen MR) is 64.6 cm³/mol. The average molecular weight is 297 g/mol. The van der Waals surface area contributed by atoms with Crippen LogP contribution in [-0.2, 0) is 9.59 Å². The number of rotatable bonds is 3. The minimum absolute atomic E-state index is 0.458. The summed E-state index contributed by atoms with van der Waals surface area (Å²) in [6.45, 7) is 0.